The Morgan fingerprint density at radius 1 is 1.40 bits per heavy atom. The summed E-state index contributed by atoms with van der Waals surface area (Å²) in [5, 5.41) is 0. The second-order valence-corrected chi connectivity index (χ2v) is 9.30. The molecule has 1 aromatic rings. The van der Waals surface area contributed by atoms with E-state index in [2.05, 4.69) is 46.3 Å². The van der Waals surface area contributed by atoms with Crippen LogP contribution >= 0.6 is 5.96 Å². The van der Waals surface area contributed by atoms with E-state index in [1.165, 1.54) is 5.56 Å². The minimum absolute atomic E-state index is 0.317. The van der Waals surface area contributed by atoms with Crippen molar-refractivity contribution in [2.45, 2.75) is 25.6 Å². The van der Waals surface area contributed by atoms with Crippen molar-refractivity contribution in [2.24, 2.45) is 0 Å². The van der Waals surface area contributed by atoms with Crippen molar-refractivity contribution >= 4 is 21.1 Å². The van der Waals surface area contributed by atoms with Gasteiger partial charge < -0.3 is 0 Å². The van der Waals surface area contributed by atoms with Gasteiger partial charge >= 0.3 is 98.2 Å². The maximum absolute atomic E-state index is 5.91. The Morgan fingerprint density at radius 2 is 2.13 bits per heavy atom. The van der Waals surface area contributed by atoms with Gasteiger partial charge in [-0.15, -0.1) is 0 Å². The first-order valence-corrected chi connectivity index (χ1v) is 9.16. The summed E-state index contributed by atoms with van der Waals surface area (Å²) in [5.41, 5.74) is 1.28. The van der Waals surface area contributed by atoms with Gasteiger partial charge in [-0.2, -0.15) is 0 Å². The van der Waals surface area contributed by atoms with E-state index in [0.717, 1.165) is 19.2 Å². The Bertz CT molecular complexity index is 366. The first-order chi connectivity index (χ1) is 7.18. The summed E-state index contributed by atoms with van der Waals surface area (Å²) in [6.45, 7) is 2.92. The monoisotopic (exact) mass is 290 g/mol. The molecule has 1 aliphatic heterocycles. The molecule has 1 heterocycles. The average Bonchev–Trinajstić information content (AvgIpc) is 2.18. The Hall–Kier alpha value is 0.0895. The van der Waals surface area contributed by atoms with Crippen LogP contribution in [-0.2, 0) is 15.2 Å². The van der Waals surface area contributed by atoms with Gasteiger partial charge in [0.05, 0.1) is 0 Å². The number of hydrogen-bond acceptors (Lipinski definition) is 2. The van der Waals surface area contributed by atoms with Gasteiger partial charge in [0, 0.05) is 0 Å². The average molecular weight is 289 g/mol. The van der Waals surface area contributed by atoms with Crippen LogP contribution in [0.2, 0.25) is 0 Å². The van der Waals surface area contributed by atoms with Crippen molar-refractivity contribution in [1.29, 1.82) is 0 Å². The van der Waals surface area contributed by atoms with Gasteiger partial charge in [-0.25, -0.2) is 0 Å². The molecule has 1 saturated heterocycles. The molecular formula is C11H15O2PSe. The molecule has 0 N–H and O–H groups in total. The third kappa shape index (κ3) is 3.27. The number of benzene rings is 1. The number of hydrogen-bond donors (Lipinski definition) is 0. The molecule has 4 heteroatoms. The molecule has 1 aliphatic rings. The molecule has 15 heavy (non-hydrogen) atoms. The quantitative estimate of drug-likeness (QED) is 0.615. The second-order valence-electron chi connectivity index (χ2n) is 3.79. The first kappa shape index (κ1) is 11.6. The van der Waals surface area contributed by atoms with Crippen LogP contribution in [0.5, 0.6) is 0 Å². The van der Waals surface area contributed by atoms with E-state index in [-0.39, 0.29) is 0 Å². The summed E-state index contributed by atoms with van der Waals surface area (Å²) in [7, 11) is 0. The van der Waals surface area contributed by atoms with Crippen LogP contribution in [0.15, 0.2) is 30.3 Å². The molecule has 0 aliphatic carbocycles. The molecule has 1 aromatic carbocycles. The summed E-state index contributed by atoms with van der Waals surface area (Å²) in [6, 6.07) is 10.4. The molecule has 82 valence electrons. The molecule has 0 bridgehead atoms. The molecule has 2 atom stereocenters. The SMILES string of the molecule is C[C@@H]1CCO[P@@](=[Se])(Cc2ccccc2)O1. The standard InChI is InChI=1S/C11H15O2PSe/c1-10-7-8-12-14(15,13-10)9-11-5-3-2-4-6-11/h2-6,10H,7-9H2,1H3/t10-,14+/m1/s1. The second kappa shape index (κ2) is 4.95. The topological polar surface area (TPSA) is 18.5 Å². The molecule has 0 saturated carbocycles. The Balaban J connectivity index is 2.07. The van der Waals surface area contributed by atoms with Crippen molar-refractivity contribution in [1.82, 2.24) is 0 Å². The molecule has 2 rings (SSSR count). The van der Waals surface area contributed by atoms with Crippen molar-refractivity contribution in [3.05, 3.63) is 35.9 Å². The van der Waals surface area contributed by atoms with Gasteiger partial charge in [0.15, 0.2) is 0 Å². The van der Waals surface area contributed by atoms with Gasteiger partial charge in [-0.05, 0) is 0 Å². The van der Waals surface area contributed by atoms with E-state index >= 15 is 0 Å². The summed E-state index contributed by atoms with van der Waals surface area (Å²) in [4.78, 5) is 0. The molecule has 0 amide bonds. The molecular weight excluding hydrogens is 274 g/mol. The maximum atomic E-state index is 5.91. The van der Waals surface area contributed by atoms with E-state index in [1.807, 2.05) is 6.07 Å². The van der Waals surface area contributed by atoms with Crippen LogP contribution in [0, 0.1) is 0 Å². The van der Waals surface area contributed by atoms with E-state index < -0.39 is 5.96 Å². The fourth-order valence-electron chi connectivity index (χ4n) is 1.60. The van der Waals surface area contributed by atoms with Crippen LogP contribution in [0.4, 0.5) is 0 Å². The fraction of sp³-hybridized carbons (Fsp3) is 0.455. The van der Waals surface area contributed by atoms with Crippen molar-refractivity contribution in [3.8, 4) is 0 Å². The molecule has 0 radical (unpaired) electrons. The summed E-state index contributed by atoms with van der Waals surface area (Å²) in [5.74, 6) is -1.77. The van der Waals surface area contributed by atoms with Gasteiger partial charge in [0.25, 0.3) is 0 Å². The minimum atomic E-state index is -1.77. The molecule has 0 spiro atoms. The van der Waals surface area contributed by atoms with Crippen molar-refractivity contribution < 1.29 is 9.05 Å². The predicted molar refractivity (Wildman–Crippen MR) is 63.9 cm³/mol. The van der Waals surface area contributed by atoms with E-state index in [4.69, 9.17) is 9.05 Å². The van der Waals surface area contributed by atoms with Gasteiger partial charge in [0.1, 0.15) is 0 Å². The Morgan fingerprint density at radius 3 is 2.80 bits per heavy atom. The van der Waals surface area contributed by atoms with E-state index in [9.17, 15) is 0 Å². The Kier molecular flexibility index (Phi) is 3.82. The van der Waals surface area contributed by atoms with Crippen molar-refractivity contribution in [3.63, 3.8) is 0 Å². The Labute approximate surface area is 98.4 Å². The normalized spacial score (nSPS) is 31.4. The van der Waals surface area contributed by atoms with E-state index in [1.54, 1.807) is 0 Å². The predicted octanol–water partition coefficient (Wildman–Crippen LogP) is 2.94. The van der Waals surface area contributed by atoms with Gasteiger partial charge in [0.2, 0.25) is 0 Å². The molecule has 0 aromatic heterocycles. The van der Waals surface area contributed by atoms with Crippen molar-refractivity contribution in [2.75, 3.05) is 6.61 Å². The van der Waals surface area contributed by atoms with Crippen LogP contribution in [0.3, 0.4) is 0 Å². The fourth-order valence-corrected chi connectivity index (χ4v) is 5.86. The zero-order valence-electron chi connectivity index (χ0n) is 8.76. The first-order valence-electron chi connectivity index (χ1n) is 5.14. The number of rotatable bonds is 2. The molecule has 0 unspecified atom stereocenters. The summed E-state index contributed by atoms with van der Waals surface area (Å²) < 4.78 is 11.7. The third-order valence-corrected chi connectivity index (χ3v) is 6.40. The van der Waals surface area contributed by atoms with Gasteiger partial charge in [-0.3, -0.25) is 0 Å². The van der Waals surface area contributed by atoms with Gasteiger partial charge in [-0.1, -0.05) is 0 Å². The molecule has 2 nitrogen and oxygen atoms in total. The van der Waals surface area contributed by atoms with Crippen LogP contribution < -0.4 is 0 Å². The summed E-state index contributed by atoms with van der Waals surface area (Å²) in [6.07, 6.45) is 2.19. The van der Waals surface area contributed by atoms with Crippen LogP contribution in [-0.4, -0.2) is 27.8 Å². The summed E-state index contributed by atoms with van der Waals surface area (Å²) >= 11 is 3.14. The molecule has 1 fully saturated rings. The zero-order valence-corrected chi connectivity index (χ0v) is 11.4. The third-order valence-electron chi connectivity index (χ3n) is 2.37. The van der Waals surface area contributed by atoms with Crippen LogP contribution in [0.1, 0.15) is 18.9 Å². The van der Waals surface area contributed by atoms with E-state index in [0.29, 0.717) is 6.10 Å². The van der Waals surface area contributed by atoms with Crippen LogP contribution in [0.25, 0.3) is 0 Å². The zero-order chi connectivity index (χ0) is 10.7.